The summed E-state index contributed by atoms with van der Waals surface area (Å²) in [5, 5.41) is 10.1. The molecule has 0 radical (unpaired) electrons. The normalized spacial score (nSPS) is 13.8. The predicted octanol–water partition coefficient (Wildman–Crippen LogP) is 4.16. The first kappa shape index (κ1) is 21.9. The fourth-order valence-corrected chi connectivity index (χ4v) is 3.46. The minimum atomic E-state index is 0. The number of nitrogens with one attached hydrogen (secondary N) is 2. The second-order valence-corrected chi connectivity index (χ2v) is 7.64. The molecule has 0 spiro atoms. The number of rotatable bonds is 9. The highest BCUT2D eigenvalue weighted by molar-refractivity contribution is 14.0. The van der Waals surface area contributed by atoms with Crippen molar-refractivity contribution in [2.75, 3.05) is 20.2 Å². The maximum Gasteiger partial charge on any atom is 0.191 e. The van der Waals surface area contributed by atoms with E-state index in [1.54, 1.807) is 18.4 Å². The number of aliphatic imine (C=N–C) groups is 1. The van der Waals surface area contributed by atoms with Crippen molar-refractivity contribution in [3.63, 3.8) is 0 Å². The monoisotopic (exact) mass is 500 g/mol. The van der Waals surface area contributed by atoms with Crippen LogP contribution in [-0.2, 0) is 13.0 Å². The van der Waals surface area contributed by atoms with Gasteiger partial charge in [-0.05, 0) is 38.2 Å². The van der Waals surface area contributed by atoms with Crippen molar-refractivity contribution in [3.05, 3.63) is 45.9 Å². The average molecular weight is 500 g/mol. The number of guanidine groups is 1. The van der Waals surface area contributed by atoms with Crippen LogP contribution in [0, 0.1) is 12.8 Å². The molecule has 0 aliphatic heterocycles. The maximum atomic E-state index is 5.97. The molecule has 1 aliphatic carbocycles. The molecule has 0 bridgehead atoms. The Morgan fingerprint density at radius 2 is 2.11 bits per heavy atom. The second-order valence-electron chi connectivity index (χ2n) is 6.70. The topological polar surface area (TPSA) is 58.5 Å². The lowest BCUT2D eigenvalue weighted by molar-refractivity contribution is 0.296. The zero-order valence-electron chi connectivity index (χ0n) is 16.0. The Morgan fingerprint density at radius 3 is 2.81 bits per heavy atom. The number of para-hydroxylation sites is 1. The zero-order chi connectivity index (χ0) is 18.2. The van der Waals surface area contributed by atoms with Crippen LogP contribution >= 0.6 is 35.3 Å². The van der Waals surface area contributed by atoms with Crippen LogP contribution in [0.1, 0.15) is 35.5 Å². The summed E-state index contributed by atoms with van der Waals surface area (Å²) >= 11 is 1.74. The fourth-order valence-electron chi connectivity index (χ4n) is 2.65. The van der Waals surface area contributed by atoms with Crippen LogP contribution in [0.5, 0.6) is 5.75 Å². The minimum Gasteiger partial charge on any atom is -0.493 e. The summed E-state index contributed by atoms with van der Waals surface area (Å²) in [7, 11) is 1.80. The number of aromatic nitrogens is 1. The Labute approximate surface area is 183 Å². The van der Waals surface area contributed by atoms with Crippen molar-refractivity contribution in [1.29, 1.82) is 0 Å². The molecule has 1 fully saturated rings. The van der Waals surface area contributed by atoms with Crippen molar-refractivity contribution >= 4 is 41.3 Å². The summed E-state index contributed by atoms with van der Waals surface area (Å²) in [4.78, 5) is 8.80. The third kappa shape index (κ3) is 7.65. The summed E-state index contributed by atoms with van der Waals surface area (Å²) in [6, 6.07) is 8.23. The van der Waals surface area contributed by atoms with Crippen LogP contribution in [-0.4, -0.2) is 31.1 Å². The number of thiazole rings is 1. The number of benzene rings is 1. The van der Waals surface area contributed by atoms with Gasteiger partial charge < -0.3 is 15.4 Å². The minimum absolute atomic E-state index is 0. The van der Waals surface area contributed by atoms with Gasteiger partial charge in [-0.15, -0.1) is 35.3 Å². The van der Waals surface area contributed by atoms with E-state index in [9.17, 15) is 0 Å². The number of aryl methyl sites for hydroxylation is 2. The van der Waals surface area contributed by atoms with Crippen LogP contribution in [0.2, 0.25) is 0 Å². The van der Waals surface area contributed by atoms with Gasteiger partial charge in [0.2, 0.25) is 0 Å². The highest BCUT2D eigenvalue weighted by Gasteiger charge is 2.22. The first-order chi connectivity index (χ1) is 12.7. The van der Waals surface area contributed by atoms with E-state index in [0.717, 1.165) is 54.9 Å². The van der Waals surface area contributed by atoms with Gasteiger partial charge >= 0.3 is 0 Å². The summed E-state index contributed by atoms with van der Waals surface area (Å²) < 4.78 is 5.97. The van der Waals surface area contributed by atoms with Gasteiger partial charge in [-0.1, -0.05) is 18.2 Å². The average Bonchev–Trinajstić information content (AvgIpc) is 3.40. The van der Waals surface area contributed by atoms with E-state index < -0.39 is 0 Å². The molecule has 1 saturated carbocycles. The van der Waals surface area contributed by atoms with Crippen molar-refractivity contribution in [2.45, 2.75) is 39.2 Å². The molecule has 3 rings (SSSR count). The predicted molar refractivity (Wildman–Crippen MR) is 123 cm³/mol. The van der Waals surface area contributed by atoms with Gasteiger partial charge in [0.05, 0.1) is 11.6 Å². The Bertz CT molecular complexity index is 730. The van der Waals surface area contributed by atoms with Gasteiger partial charge in [-0.2, -0.15) is 0 Å². The molecule has 7 heteroatoms. The molecule has 27 heavy (non-hydrogen) atoms. The number of halogens is 1. The molecule has 5 nitrogen and oxygen atoms in total. The quantitative estimate of drug-likeness (QED) is 0.235. The lowest BCUT2D eigenvalue weighted by atomic mass is 10.2. The van der Waals surface area contributed by atoms with Gasteiger partial charge in [0.15, 0.2) is 5.96 Å². The van der Waals surface area contributed by atoms with Crippen LogP contribution in [0.4, 0.5) is 0 Å². The third-order valence-electron chi connectivity index (χ3n) is 4.34. The molecule has 1 aliphatic rings. The van der Waals surface area contributed by atoms with E-state index in [2.05, 4.69) is 32.1 Å². The molecule has 2 N–H and O–H groups in total. The number of hydrogen-bond acceptors (Lipinski definition) is 4. The van der Waals surface area contributed by atoms with E-state index in [1.807, 2.05) is 25.1 Å². The van der Waals surface area contributed by atoms with Gasteiger partial charge in [-0.25, -0.2) is 4.98 Å². The number of hydrogen-bond donors (Lipinski definition) is 2. The molecule has 0 saturated heterocycles. The smallest absolute Gasteiger partial charge is 0.191 e. The van der Waals surface area contributed by atoms with Crippen LogP contribution in [0.15, 0.2) is 34.6 Å². The van der Waals surface area contributed by atoms with E-state index in [0.29, 0.717) is 6.54 Å². The molecule has 0 atom stereocenters. The van der Waals surface area contributed by atoms with Crippen LogP contribution in [0.3, 0.4) is 0 Å². The largest absolute Gasteiger partial charge is 0.493 e. The third-order valence-corrected chi connectivity index (χ3v) is 5.37. The Hall–Kier alpha value is -1.35. The van der Waals surface area contributed by atoms with E-state index in [-0.39, 0.29) is 24.0 Å². The van der Waals surface area contributed by atoms with Crippen molar-refractivity contribution < 1.29 is 4.74 Å². The lowest BCUT2D eigenvalue weighted by Crippen LogP contribution is -2.37. The zero-order valence-corrected chi connectivity index (χ0v) is 19.2. The van der Waals surface area contributed by atoms with Crippen molar-refractivity contribution in [1.82, 2.24) is 15.6 Å². The Morgan fingerprint density at radius 1 is 1.30 bits per heavy atom. The standard InChI is InChI=1S/C20H28N4OS.HI/c1-15-14-26-19(24-15)8-5-11-22-20(21-2)23-12-17-6-3-4-7-18(17)25-13-16-9-10-16;/h3-4,6-7,14,16H,5,8-13H2,1-2H3,(H2,21,22,23);1H. The van der Waals surface area contributed by atoms with E-state index >= 15 is 0 Å². The fraction of sp³-hybridized carbons (Fsp3) is 0.500. The molecule has 1 aromatic heterocycles. The highest BCUT2D eigenvalue weighted by Crippen LogP contribution is 2.30. The van der Waals surface area contributed by atoms with Gasteiger partial charge in [0.1, 0.15) is 5.75 Å². The van der Waals surface area contributed by atoms with Gasteiger partial charge in [-0.3, -0.25) is 4.99 Å². The van der Waals surface area contributed by atoms with Gasteiger partial charge in [0, 0.05) is 43.2 Å². The maximum absolute atomic E-state index is 5.97. The molecule has 0 unspecified atom stereocenters. The first-order valence-electron chi connectivity index (χ1n) is 9.31. The molecular weight excluding hydrogens is 471 g/mol. The molecule has 2 aromatic rings. The first-order valence-corrected chi connectivity index (χ1v) is 10.2. The Kier molecular flexibility index (Phi) is 9.33. The summed E-state index contributed by atoms with van der Waals surface area (Å²) in [5.41, 5.74) is 2.27. The molecular formula is C20H29IN4OS. The molecule has 1 aromatic carbocycles. The number of ether oxygens (including phenoxy) is 1. The SMILES string of the molecule is CN=C(NCCCc1nc(C)cs1)NCc1ccccc1OCC1CC1.I. The van der Waals surface area contributed by atoms with E-state index in [4.69, 9.17) is 4.74 Å². The lowest BCUT2D eigenvalue weighted by Gasteiger charge is -2.14. The Balaban J connectivity index is 0.00000261. The molecule has 0 amide bonds. The summed E-state index contributed by atoms with van der Waals surface area (Å²) in [6.45, 7) is 4.45. The van der Waals surface area contributed by atoms with Crippen molar-refractivity contribution in [3.8, 4) is 5.75 Å². The summed E-state index contributed by atoms with van der Waals surface area (Å²) in [5.74, 6) is 2.55. The second kappa shape index (κ2) is 11.5. The van der Waals surface area contributed by atoms with Crippen LogP contribution < -0.4 is 15.4 Å². The molecule has 1 heterocycles. The van der Waals surface area contributed by atoms with E-state index in [1.165, 1.54) is 17.8 Å². The summed E-state index contributed by atoms with van der Waals surface area (Å²) in [6.07, 6.45) is 4.64. The van der Waals surface area contributed by atoms with Crippen molar-refractivity contribution in [2.24, 2.45) is 10.9 Å². The number of nitrogens with zero attached hydrogens (tertiary/aromatic N) is 2. The molecule has 148 valence electrons. The van der Waals surface area contributed by atoms with Gasteiger partial charge in [0.25, 0.3) is 0 Å². The van der Waals surface area contributed by atoms with Crippen LogP contribution in [0.25, 0.3) is 0 Å². The highest BCUT2D eigenvalue weighted by atomic mass is 127.